The number of hydrogen-bond acceptors (Lipinski definition) is 4. The maximum absolute atomic E-state index is 6.32. The minimum absolute atomic E-state index is 0.235. The largest absolute Gasteiger partial charge is 0.493 e. The second-order valence-electron chi connectivity index (χ2n) is 6.02. The van der Waals surface area contributed by atoms with E-state index in [1.807, 2.05) is 19.1 Å². The Morgan fingerprint density at radius 3 is 2.76 bits per heavy atom. The van der Waals surface area contributed by atoms with Crippen LogP contribution in [0.5, 0.6) is 11.5 Å². The van der Waals surface area contributed by atoms with Crippen LogP contribution in [0, 0.1) is 5.41 Å². The van der Waals surface area contributed by atoms with Crippen LogP contribution in [0.15, 0.2) is 12.1 Å². The molecule has 1 fully saturated rings. The zero-order valence-corrected chi connectivity index (χ0v) is 13.9. The maximum atomic E-state index is 6.32. The summed E-state index contributed by atoms with van der Waals surface area (Å²) < 4.78 is 10.9. The number of nitrogens with two attached hydrogens (primary N) is 1. The van der Waals surface area contributed by atoms with Gasteiger partial charge < -0.3 is 15.2 Å². The highest BCUT2D eigenvalue weighted by Gasteiger charge is 2.32. The van der Waals surface area contributed by atoms with Gasteiger partial charge in [-0.05, 0) is 49.5 Å². The molecule has 1 aliphatic rings. The van der Waals surface area contributed by atoms with Gasteiger partial charge >= 0.3 is 0 Å². The highest BCUT2D eigenvalue weighted by atomic mass is 35.5. The molecule has 1 heterocycles. The lowest BCUT2D eigenvalue weighted by Gasteiger charge is -2.23. The summed E-state index contributed by atoms with van der Waals surface area (Å²) in [5, 5.41) is 0.604. The van der Waals surface area contributed by atoms with Crippen LogP contribution in [0.2, 0.25) is 5.02 Å². The number of rotatable bonds is 6. The molecule has 0 saturated carbocycles. The van der Waals surface area contributed by atoms with Crippen LogP contribution >= 0.6 is 11.6 Å². The van der Waals surface area contributed by atoms with Crippen LogP contribution < -0.4 is 15.2 Å². The summed E-state index contributed by atoms with van der Waals surface area (Å²) >= 11 is 6.32. The van der Waals surface area contributed by atoms with Crippen LogP contribution in [0.3, 0.4) is 0 Å². The van der Waals surface area contributed by atoms with Crippen molar-refractivity contribution in [1.82, 2.24) is 4.90 Å². The molecule has 0 spiro atoms. The maximum Gasteiger partial charge on any atom is 0.179 e. The molecule has 0 amide bonds. The second kappa shape index (κ2) is 6.86. The summed E-state index contributed by atoms with van der Waals surface area (Å²) in [4.78, 5) is 2.41. The molecule has 1 saturated heterocycles. The van der Waals surface area contributed by atoms with Crippen molar-refractivity contribution in [3.8, 4) is 11.5 Å². The van der Waals surface area contributed by atoms with Gasteiger partial charge in [-0.1, -0.05) is 18.5 Å². The van der Waals surface area contributed by atoms with Crippen LogP contribution in [-0.2, 0) is 6.54 Å². The third-order valence-corrected chi connectivity index (χ3v) is 4.39. The van der Waals surface area contributed by atoms with Crippen molar-refractivity contribution in [1.29, 1.82) is 0 Å². The Balaban J connectivity index is 2.13. The van der Waals surface area contributed by atoms with Crippen LogP contribution in [0.1, 0.15) is 25.8 Å². The van der Waals surface area contributed by atoms with E-state index in [0.29, 0.717) is 23.1 Å². The predicted octanol–water partition coefficient (Wildman–Crippen LogP) is 2.92. The van der Waals surface area contributed by atoms with E-state index < -0.39 is 0 Å². The quantitative estimate of drug-likeness (QED) is 0.877. The zero-order valence-electron chi connectivity index (χ0n) is 13.1. The van der Waals surface area contributed by atoms with Crippen molar-refractivity contribution >= 4 is 11.6 Å². The molecule has 5 heteroatoms. The Bertz CT molecular complexity index is 495. The highest BCUT2D eigenvalue weighted by Crippen LogP contribution is 2.37. The van der Waals surface area contributed by atoms with Gasteiger partial charge in [0.15, 0.2) is 11.5 Å². The number of likely N-dealkylation sites (tertiary alicyclic amines) is 1. The highest BCUT2D eigenvalue weighted by molar-refractivity contribution is 6.32. The smallest absolute Gasteiger partial charge is 0.179 e. The summed E-state index contributed by atoms with van der Waals surface area (Å²) in [6, 6.07) is 3.97. The van der Waals surface area contributed by atoms with Gasteiger partial charge in [-0.25, -0.2) is 0 Å². The molecule has 0 bridgehead atoms. The SMILES string of the molecule is CCOc1c(Cl)cc(CN2CCC(C)(CN)C2)cc1OC. The van der Waals surface area contributed by atoms with Gasteiger partial charge in [-0.2, -0.15) is 0 Å². The molecule has 118 valence electrons. The lowest BCUT2D eigenvalue weighted by Crippen LogP contribution is -2.31. The van der Waals surface area contributed by atoms with E-state index in [0.717, 1.165) is 38.2 Å². The van der Waals surface area contributed by atoms with Crippen LogP contribution in [-0.4, -0.2) is 38.3 Å². The van der Waals surface area contributed by atoms with E-state index in [1.165, 1.54) is 0 Å². The predicted molar refractivity (Wildman–Crippen MR) is 86.2 cm³/mol. The van der Waals surface area contributed by atoms with Gasteiger partial charge in [-0.15, -0.1) is 0 Å². The van der Waals surface area contributed by atoms with E-state index in [1.54, 1.807) is 7.11 Å². The normalized spacial score (nSPS) is 22.5. The molecular weight excluding hydrogens is 288 g/mol. The van der Waals surface area contributed by atoms with Gasteiger partial charge in [0.05, 0.1) is 18.7 Å². The first-order chi connectivity index (χ1) is 10.0. The molecule has 0 aliphatic carbocycles. The molecule has 4 nitrogen and oxygen atoms in total. The van der Waals surface area contributed by atoms with E-state index in [-0.39, 0.29) is 5.41 Å². The van der Waals surface area contributed by atoms with Gasteiger partial charge in [0.1, 0.15) is 0 Å². The molecule has 21 heavy (non-hydrogen) atoms. The average molecular weight is 313 g/mol. The molecule has 1 aliphatic heterocycles. The second-order valence-corrected chi connectivity index (χ2v) is 6.42. The van der Waals surface area contributed by atoms with E-state index in [2.05, 4.69) is 11.8 Å². The van der Waals surface area contributed by atoms with Gasteiger partial charge in [0.25, 0.3) is 0 Å². The first kappa shape index (κ1) is 16.4. The summed E-state index contributed by atoms with van der Waals surface area (Å²) in [7, 11) is 1.64. The molecular formula is C16H25ClN2O2. The number of ether oxygens (including phenoxy) is 2. The Kier molecular flexibility index (Phi) is 5.36. The topological polar surface area (TPSA) is 47.7 Å². The number of halogens is 1. The lowest BCUT2D eigenvalue weighted by molar-refractivity contribution is 0.273. The molecule has 1 unspecified atom stereocenters. The van der Waals surface area contributed by atoms with Gasteiger partial charge in [-0.3, -0.25) is 4.90 Å². The molecule has 2 N–H and O–H groups in total. The van der Waals surface area contributed by atoms with Crippen molar-refractivity contribution in [2.75, 3.05) is 33.4 Å². The van der Waals surface area contributed by atoms with E-state index in [9.17, 15) is 0 Å². The fraction of sp³-hybridized carbons (Fsp3) is 0.625. The molecule has 0 aromatic heterocycles. The minimum atomic E-state index is 0.235. The van der Waals surface area contributed by atoms with Gasteiger partial charge in [0, 0.05) is 13.1 Å². The van der Waals surface area contributed by atoms with Crippen molar-refractivity contribution < 1.29 is 9.47 Å². The summed E-state index contributed by atoms with van der Waals surface area (Å²) in [5.41, 5.74) is 7.24. The van der Waals surface area contributed by atoms with E-state index >= 15 is 0 Å². The van der Waals surface area contributed by atoms with Crippen molar-refractivity contribution in [2.24, 2.45) is 11.1 Å². The fourth-order valence-corrected chi connectivity index (χ4v) is 3.12. The summed E-state index contributed by atoms with van der Waals surface area (Å²) in [6.45, 7) is 8.43. The van der Waals surface area contributed by atoms with Crippen LogP contribution in [0.4, 0.5) is 0 Å². The van der Waals surface area contributed by atoms with Gasteiger partial charge in [0.2, 0.25) is 0 Å². The van der Waals surface area contributed by atoms with Crippen molar-refractivity contribution in [2.45, 2.75) is 26.8 Å². The number of hydrogen-bond donors (Lipinski definition) is 1. The monoisotopic (exact) mass is 312 g/mol. The Labute approximate surface area is 132 Å². The lowest BCUT2D eigenvalue weighted by atomic mass is 9.90. The Morgan fingerprint density at radius 1 is 1.43 bits per heavy atom. The first-order valence-electron chi connectivity index (χ1n) is 7.43. The summed E-state index contributed by atoms with van der Waals surface area (Å²) in [6.07, 6.45) is 1.14. The fourth-order valence-electron chi connectivity index (χ4n) is 2.83. The van der Waals surface area contributed by atoms with Crippen LogP contribution in [0.25, 0.3) is 0 Å². The Hall–Kier alpha value is -0.970. The Morgan fingerprint density at radius 2 is 2.19 bits per heavy atom. The average Bonchev–Trinajstić information content (AvgIpc) is 2.83. The first-order valence-corrected chi connectivity index (χ1v) is 7.81. The van der Waals surface area contributed by atoms with E-state index in [4.69, 9.17) is 26.8 Å². The third kappa shape index (κ3) is 3.82. The molecule has 1 aromatic rings. The molecule has 1 atom stereocenters. The van der Waals surface area contributed by atoms with Crippen molar-refractivity contribution in [3.63, 3.8) is 0 Å². The summed E-state index contributed by atoms with van der Waals surface area (Å²) in [5.74, 6) is 1.32. The molecule has 2 rings (SSSR count). The third-order valence-electron chi connectivity index (χ3n) is 4.11. The number of benzene rings is 1. The number of methoxy groups -OCH3 is 1. The van der Waals surface area contributed by atoms with Crippen molar-refractivity contribution in [3.05, 3.63) is 22.7 Å². The standard InChI is InChI=1S/C16H25ClN2O2/c1-4-21-15-13(17)7-12(8-14(15)20-3)9-19-6-5-16(2,10-18)11-19/h7-8H,4-6,9-11,18H2,1-3H3. The molecule has 0 radical (unpaired) electrons. The zero-order chi connectivity index (χ0) is 15.5. The minimum Gasteiger partial charge on any atom is -0.493 e. The number of nitrogens with zero attached hydrogens (tertiary/aromatic N) is 1. The molecule has 1 aromatic carbocycles.